The molecule has 0 saturated heterocycles. The average molecular weight is 361 g/mol. The fourth-order valence-corrected chi connectivity index (χ4v) is 3.50. The Labute approximate surface area is 158 Å². The van der Waals surface area contributed by atoms with Gasteiger partial charge in [-0.15, -0.1) is 0 Å². The number of nitrogens with zero attached hydrogens (tertiary/aromatic N) is 4. The average Bonchev–Trinajstić information content (AvgIpc) is 3.10. The Kier molecular flexibility index (Phi) is 3.91. The molecule has 0 fully saturated rings. The van der Waals surface area contributed by atoms with Crippen LogP contribution in [0.25, 0.3) is 16.6 Å². The van der Waals surface area contributed by atoms with Crippen LogP contribution in [-0.2, 0) is 7.05 Å². The molecule has 0 spiro atoms. The summed E-state index contributed by atoms with van der Waals surface area (Å²) < 4.78 is 1.94. The van der Waals surface area contributed by atoms with Gasteiger partial charge in [0.1, 0.15) is 17.4 Å². The maximum atomic E-state index is 10.6. The topological polar surface area (TPSA) is 68.4 Å². The van der Waals surface area contributed by atoms with E-state index in [-0.39, 0.29) is 18.1 Å². The van der Waals surface area contributed by atoms with Crippen molar-refractivity contribution in [3.8, 4) is 0 Å². The first-order valence-electron chi connectivity index (χ1n) is 8.86. The minimum atomic E-state index is 0.173. The van der Waals surface area contributed by atoms with Gasteiger partial charge in [0.2, 0.25) is 0 Å². The first kappa shape index (κ1) is 17.1. The molecule has 0 bridgehead atoms. The number of hydrogen-bond acceptors (Lipinski definition) is 4. The highest BCUT2D eigenvalue weighted by Crippen LogP contribution is 2.32. The van der Waals surface area contributed by atoms with E-state index < -0.39 is 0 Å². The van der Waals surface area contributed by atoms with Crippen LogP contribution < -0.4 is 9.80 Å². The number of hydrogen-bond donors (Lipinski definition) is 2. The number of aryl methyl sites for hydroxylation is 2. The molecule has 1 aromatic heterocycles. The van der Waals surface area contributed by atoms with Gasteiger partial charge in [-0.1, -0.05) is 6.07 Å². The van der Waals surface area contributed by atoms with Crippen molar-refractivity contribution in [3.63, 3.8) is 0 Å². The number of benzene rings is 2. The normalized spacial score (nSPS) is 14.5. The molecule has 3 aromatic rings. The lowest BCUT2D eigenvalue weighted by Crippen LogP contribution is -2.26. The molecule has 0 saturated carbocycles. The Bertz CT molecular complexity index is 1080. The Morgan fingerprint density at radius 2 is 1.81 bits per heavy atom. The zero-order valence-corrected chi connectivity index (χ0v) is 16.0. The van der Waals surface area contributed by atoms with Crippen molar-refractivity contribution in [2.75, 3.05) is 30.4 Å². The van der Waals surface area contributed by atoms with Gasteiger partial charge in [0.05, 0.1) is 23.2 Å². The maximum absolute atomic E-state index is 10.6. The van der Waals surface area contributed by atoms with Crippen LogP contribution in [0.5, 0.6) is 0 Å². The van der Waals surface area contributed by atoms with Crippen LogP contribution in [0.3, 0.4) is 0 Å². The molecule has 0 unspecified atom stereocenters. The van der Waals surface area contributed by atoms with Gasteiger partial charge in [-0.3, -0.25) is 5.41 Å². The van der Waals surface area contributed by atoms with Gasteiger partial charge in [0.25, 0.3) is 0 Å². The molecule has 0 atom stereocenters. The zero-order chi connectivity index (χ0) is 19.3. The van der Waals surface area contributed by atoms with E-state index in [4.69, 9.17) is 10.4 Å². The molecular formula is C21H23N5O. The monoisotopic (exact) mass is 361 g/mol. The highest BCUT2D eigenvalue weighted by Gasteiger charge is 2.32. The summed E-state index contributed by atoms with van der Waals surface area (Å²) in [6.07, 6.45) is 0. The lowest BCUT2D eigenvalue weighted by atomic mass is 10.2. The number of fused-ring (bicyclic) bond motifs is 1. The van der Waals surface area contributed by atoms with E-state index in [1.807, 2.05) is 80.0 Å². The predicted molar refractivity (Wildman–Crippen MR) is 111 cm³/mol. The van der Waals surface area contributed by atoms with Crippen molar-refractivity contribution in [3.05, 3.63) is 59.6 Å². The number of amidine groups is 1. The Hall–Kier alpha value is -3.28. The number of nitrogens with one attached hydrogen (secondary N) is 1. The highest BCUT2D eigenvalue weighted by atomic mass is 16.3. The van der Waals surface area contributed by atoms with E-state index in [0.29, 0.717) is 11.4 Å². The second-order valence-electron chi connectivity index (χ2n) is 7.15. The first-order chi connectivity index (χ1) is 12.9. The van der Waals surface area contributed by atoms with Gasteiger partial charge >= 0.3 is 0 Å². The van der Waals surface area contributed by atoms with Gasteiger partial charge in [-0.2, -0.15) is 0 Å². The molecule has 2 aromatic carbocycles. The van der Waals surface area contributed by atoms with Crippen molar-refractivity contribution in [1.82, 2.24) is 9.55 Å². The van der Waals surface area contributed by atoms with Crippen LogP contribution in [0.2, 0.25) is 0 Å². The lowest BCUT2D eigenvalue weighted by Gasteiger charge is -2.20. The molecule has 6 heteroatoms. The Morgan fingerprint density at radius 3 is 2.48 bits per heavy atom. The summed E-state index contributed by atoms with van der Waals surface area (Å²) in [6.45, 7) is 2.30. The molecule has 27 heavy (non-hydrogen) atoms. The summed E-state index contributed by atoms with van der Waals surface area (Å²) in [4.78, 5) is 8.52. The second kappa shape index (κ2) is 6.16. The van der Waals surface area contributed by atoms with E-state index >= 15 is 0 Å². The third kappa shape index (κ3) is 2.73. The van der Waals surface area contributed by atoms with Crippen LogP contribution >= 0.6 is 0 Å². The standard InChI is InChI=1S/C21H23N5O/c1-13-5-10-17-16(11-13)23-21(25(17)4)19-18(27)12-26(20(19)22)15-8-6-14(7-9-15)24(2)3/h5-11,22,27H,12H2,1-4H3. The quantitative estimate of drug-likeness (QED) is 0.746. The van der Waals surface area contributed by atoms with Crippen LogP contribution in [-0.4, -0.2) is 41.1 Å². The summed E-state index contributed by atoms with van der Waals surface area (Å²) in [7, 11) is 5.90. The fourth-order valence-electron chi connectivity index (χ4n) is 3.50. The molecule has 0 aliphatic carbocycles. The van der Waals surface area contributed by atoms with E-state index in [2.05, 4.69) is 0 Å². The Balaban J connectivity index is 1.72. The zero-order valence-electron chi connectivity index (χ0n) is 16.0. The lowest BCUT2D eigenvalue weighted by molar-refractivity contribution is 0.411. The first-order valence-corrected chi connectivity index (χ1v) is 8.86. The van der Waals surface area contributed by atoms with Crippen molar-refractivity contribution in [1.29, 1.82) is 5.41 Å². The maximum Gasteiger partial charge on any atom is 0.148 e. The van der Waals surface area contributed by atoms with Crippen molar-refractivity contribution < 1.29 is 5.11 Å². The number of anilines is 2. The molecule has 2 heterocycles. The van der Waals surface area contributed by atoms with Crippen LogP contribution in [0.4, 0.5) is 11.4 Å². The number of aliphatic hydroxyl groups excluding tert-OH is 1. The van der Waals surface area contributed by atoms with Gasteiger partial charge in [-0.05, 0) is 48.9 Å². The minimum absolute atomic E-state index is 0.173. The minimum Gasteiger partial charge on any atom is -0.509 e. The molecule has 0 radical (unpaired) electrons. The Morgan fingerprint density at radius 1 is 1.11 bits per heavy atom. The molecular weight excluding hydrogens is 338 g/mol. The summed E-state index contributed by atoms with van der Waals surface area (Å²) in [6, 6.07) is 14.0. The number of aromatic nitrogens is 2. The van der Waals surface area contributed by atoms with Crippen LogP contribution in [0, 0.1) is 12.3 Å². The van der Waals surface area contributed by atoms with E-state index in [1.54, 1.807) is 4.90 Å². The van der Waals surface area contributed by atoms with Crippen LogP contribution in [0.1, 0.15) is 11.4 Å². The number of rotatable bonds is 3. The summed E-state index contributed by atoms with van der Waals surface area (Å²) >= 11 is 0. The van der Waals surface area contributed by atoms with Gasteiger partial charge in [0.15, 0.2) is 0 Å². The van der Waals surface area contributed by atoms with Gasteiger partial charge in [-0.25, -0.2) is 4.98 Å². The van der Waals surface area contributed by atoms with Crippen molar-refractivity contribution in [2.45, 2.75) is 6.92 Å². The van der Waals surface area contributed by atoms with Crippen molar-refractivity contribution >= 4 is 33.8 Å². The molecule has 0 amide bonds. The molecule has 2 N–H and O–H groups in total. The van der Waals surface area contributed by atoms with Crippen LogP contribution in [0.15, 0.2) is 48.2 Å². The number of aliphatic hydroxyl groups is 1. The SMILES string of the molecule is Cc1ccc2c(c1)nc(C1=C(O)CN(c3ccc(N(C)C)cc3)C1=N)n2C. The molecule has 6 nitrogen and oxygen atoms in total. The molecule has 1 aliphatic heterocycles. The predicted octanol–water partition coefficient (Wildman–Crippen LogP) is 3.71. The fraction of sp³-hybridized carbons (Fsp3) is 0.238. The highest BCUT2D eigenvalue weighted by molar-refractivity contribution is 6.30. The smallest absolute Gasteiger partial charge is 0.148 e. The largest absolute Gasteiger partial charge is 0.509 e. The van der Waals surface area contributed by atoms with Gasteiger partial charge < -0.3 is 19.5 Å². The number of imidazole rings is 1. The molecule has 138 valence electrons. The third-order valence-corrected chi connectivity index (χ3v) is 5.04. The van der Waals surface area contributed by atoms with E-state index in [1.165, 1.54) is 0 Å². The summed E-state index contributed by atoms with van der Waals surface area (Å²) in [5.41, 5.74) is 5.44. The molecule has 1 aliphatic rings. The summed E-state index contributed by atoms with van der Waals surface area (Å²) in [5, 5.41) is 19.3. The third-order valence-electron chi connectivity index (χ3n) is 5.04. The summed E-state index contributed by atoms with van der Waals surface area (Å²) in [5.74, 6) is 1.05. The van der Waals surface area contributed by atoms with Crippen molar-refractivity contribution in [2.24, 2.45) is 7.05 Å². The second-order valence-corrected chi connectivity index (χ2v) is 7.15. The molecule has 4 rings (SSSR count). The van der Waals surface area contributed by atoms with E-state index in [0.717, 1.165) is 28.0 Å². The van der Waals surface area contributed by atoms with E-state index in [9.17, 15) is 5.11 Å². The van der Waals surface area contributed by atoms with Gasteiger partial charge in [0, 0.05) is 32.5 Å².